The fourth-order valence-electron chi connectivity index (χ4n) is 2.28. The predicted molar refractivity (Wildman–Crippen MR) is 94.2 cm³/mol. The Bertz CT molecular complexity index is 980. The van der Waals surface area contributed by atoms with Gasteiger partial charge in [0.25, 0.3) is 11.6 Å². The number of rotatable bonds is 6. The predicted octanol–water partition coefficient (Wildman–Crippen LogP) is 4.22. The van der Waals surface area contributed by atoms with E-state index in [1.165, 1.54) is 0 Å². The maximum absolute atomic E-state index is 12.7. The molecule has 8 nitrogen and oxygen atoms in total. The fourth-order valence-corrected chi connectivity index (χ4v) is 2.50. The van der Waals surface area contributed by atoms with Gasteiger partial charge in [-0.05, 0) is 24.3 Å². The van der Waals surface area contributed by atoms with Gasteiger partial charge in [0.15, 0.2) is 0 Å². The van der Waals surface area contributed by atoms with Crippen LogP contribution in [0, 0.1) is 10.1 Å². The Morgan fingerprint density at radius 3 is 2.41 bits per heavy atom. The summed E-state index contributed by atoms with van der Waals surface area (Å²) in [5, 5.41) is 19.6. The second-order valence-electron chi connectivity index (χ2n) is 5.74. The Morgan fingerprint density at radius 2 is 1.90 bits per heavy atom. The van der Waals surface area contributed by atoms with Crippen molar-refractivity contribution < 1.29 is 37.5 Å². The number of nitro benzene ring substituents is 1. The van der Waals surface area contributed by atoms with Gasteiger partial charge in [0, 0.05) is 19.2 Å². The van der Waals surface area contributed by atoms with Crippen molar-refractivity contribution in [1.29, 1.82) is 0 Å². The van der Waals surface area contributed by atoms with Gasteiger partial charge in [-0.15, -0.1) is 0 Å². The smallest absolute Gasteiger partial charge is 0.416 e. The first-order valence-electron chi connectivity index (χ1n) is 7.70. The van der Waals surface area contributed by atoms with Gasteiger partial charge in [-0.3, -0.25) is 19.7 Å². The highest BCUT2D eigenvalue weighted by atomic mass is 35.5. The number of hydrogen-bond donors (Lipinski definition) is 1. The molecule has 0 aliphatic rings. The number of carbonyl (C=O) groups is 2. The van der Waals surface area contributed by atoms with Crippen LogP contribution in [0.4, 0.5) is 18.9 Å². The number of carboxylic acid groups (broad SMARTS) is 1. The lowest BCUT2D eigenvalue weighted by Gasteiger charge is -2.16. The van der Waals surface area contributed by atoms with E-state index in [1.54, 1.807) is 0 Å². The van der Waals surface area contributed by atoms with E-state index in [9.17, 15) is 32.9 Å². The topological polar surface area (TPSA) is 110 Å². The van der Waals surface area contributed by atoms with Crippen LogP contribution in [0.3, 0.4) is 0 Å². The zero-order valence-electron chi connectivity index (χ0n) is 14.6. The molecule has 0 saturated heterocycles. The van der Waals surface area contributed by atoms with Gasteiger partial charge in [-0.2, -0.15) is 13.2 Å². The average molecular weight is 433 g/mol. The van der Waals surface area contributed by atoms with E-state index in [-0.39, 0.29) is 16.5 Å². The summed E-state index contributed by atoms with van der Waals surface area (Å²) in [5.41, 5.74) is -2.05. The molecule has 0 spiro atoms. The minimum atomic E-state index is -4.61. The van der Waals surface area contributed by atoms with Crippen LogP contribution in [0.5, 0.6) is 11.5 Å². The fraction of sp³-hybridized carbons (Fsp3) is 0.176. The maximum atomic E-state index is 12.7. The van der Waals surface area contributed by atoms with E-state index in [0.717, 1.165) is 42.3 Å². The Kier molecular flexibility index (Phi) is 6.32. The molecule has 0 aromatic heterocycles. The molecule has 0 aliphatic carbocycles. The lowest BCUT2D eigenvalue weighted by Crippen LogP contribution is -2.32. The van der Waals surface area contributed by atoms with Crippen molar-refractivity contribution >= 4 is 29.2 Å². The van der Waals surface area contributed by atoms with E-state index in [4.69, 9.17) is 21.4 Å². The number of nitro groups is 1. The van der Waals surface area contributed by atoms with Gasteiger partial charge in [-0.25, -0.2) is 0 Å². The first-order chi connectivity index (χ1) is 13.4. The third-order valence-electron chi connectivity index (χ3n) is 3.60. The molecule has 2 aromatic carbocycles. The van der Waals surface area contributed by atoms with Gasteiger partial charge in [0.05, 0.1) is 15.5 Å². The van der Waals surface area contributed by atoms with Crippen LogP contribution in [-0.4, -0.2) is 40.4 Å². The Morgan fingerprint density at radius 1 is 1.24 bits per heavy atom. The molecule has 154 valence electrons. The van der Waals surface area contributed by atoms with Crippen molar-refractivity contribution in [2.45, 2.75) is 6.18 Å². The molecule has 0 heterocycles. The lowest BCUT2D eigenvalue weighted by atomic mass is 10.1. The summed E-state index contributed by atoms with van der Waals surface area (Å²) in [4.78, 5) is 34.2. The van der Waals surface area contributed by atoms with Gasteiger partial charge in [0.2, 0.25) is 0 Å². The molecule has 0 fully saturated rings. The highest BCUT2D eigenvalue weighted by Gasteiger charge is 2.31. The molecule has 0 bridgehead atoms. The number of likely N-dealkylation sites (N-methyl/N-ethyl adjacent to an activating group) is 1. The monoisotopic (exact) mass is 432 g/mol. The molecule has 0 atom stereocenters. The molecule has 1 N–H and O–H groups in total. The number of hydrogen-bond acceptors (Lipinski definition) is 5. The van der Waals surface area contributed by atoms with E-state index in [1.807, 2.05) is 0 Å². The molecule has 12 heteroatoms. The molecule has 0 saturated carbocycles. The molecule has 0 unspecified atom stereocenters. The number of halogens is 4. The van der Waals surface area contributed by atoms with Crippen LogP contribution in [0.15, 0.2) is 36.4 Å². The van der Waals surface area contributed by atoms with Crippen molar-refractivity contribution in [2.75, 3.05) is 13.6 Å². The number of nitrogens with zero attached hydrogens (tertiary/aromatic N) is 2. The van der Waals surface area contributed by atoms with E-state index >= 15 is 0 Å². The minimum Gasteiger partial charge on any atom is -0.480 e. The molecule has 29 heavy (non-hydrogen) atoms. The number of carboxylic acids is 1. The van der Waals surface area contributed by atoms with Gasteiger partial charge < -0.3 is 14.7 Å². The van der Waals surface area contributed by atoms with Gasteiger partial charge >= 0.3 is 12.1 Å². The van der Waals surface area contributed by atoms with Crippen LogP contribution >= 0.6 is 11.6 Å². The Hall–Kier alpha value is -3.34. The molecule has 1 amide bonds. The zero-order valence-corrected chi connectivity index (χ0v) is 15.3. The Balaban J connectivity index is 2.39. The van der Waals surface area contributed by atoms with Crippen LogP contribution < -0.4 is 4.74 Å². The van der Waals surface area contributed by atoms with Crippen molar-refractivity contribution in [3.63, 3.8) is 0 Å². The highest BCUT2D eigenvalue weighted by Crippen LogP contribution is 2.37. The van der Waals surface area contributed by atoms with Crippen LogP contribution in [-0.2, 0) is 11.0 Å². The number of carbonyl (C=O) groups excluding carboxylic acids is 1. The summed E-state index contributed by atoms with van der Waals surface area (Å²) in [7, 11) is 1.14. The third-order valence-corrected chi connectivity index (χ3v) is 3.90. The summed E-state index contributed by atoms with van der Waals surface area (Å²) in [5.74, 6) is -2.58. The standard InChI is InChI=1S/C17H12ClF3N2O6/c1-22(8-15(24)25)16(26)11-7-10(3-4-13(11)23(27)28)29-14-5-2-9(6-12(14)18)17(19,20)21/h2-7H,8H2,1H3,(H,24,25). The summed E-state index contributed by atoms with van der Waals surface area (Å²) in [6.45, 7) is -0.703. The van der Waals surface area contributed by atoms with Crippen LogP contribution in [0.25, 0.3) is 0 Å². The van der Waals surface area contributed by atoms with Crippen molar-refractivity contribution in [2.24, 2.45) is 0 Å². The third kappa shape index (κ3) is 5.35. The molecule has 2 rings (SSSR count). The summed E-state index contributed by atoms with van der Waals surface area (Å²) in [6, 6.07) is 5.40. The second-order valence-corrected chi connectivity index (χ2v) is 6.14. The molecular formula is C17H12ClF3N2O6. The number of benzene rings is 2. The van der Waals surface area contributed by atoms with Crippen molar-refractivity contribution in [3.05, 3.63) is 62.7 Å². The van der Waals surface area contributed by atoms with Crippen molar-refractivity contribution in [1.82, 2.24) is 4.90 Å². The number of aliphatic carboxylic acids is 1. The van der Waals surface area contributed by atoms with E-state index < -0.39 is 46.3 Å². The highest BCUT2D eigenvalue weighted by molar-refractivity contribution is 6.32. The largest absolute Gasteiger partial charge is 0.480 e. The van der Waals surface area contributed by atoms with E-state index in [2.05, 4.69) is 0 Å². The number of ether oxygens (including phenoxy) is 1. The molecular weight excluding hydrogens is 421 g/mol. The number of amides is 1. The van der Waals surface area contributed by atoms with Gasteiger partial charge in [0.1, 0.15) is 23.6 Å². The normalized spacial score (nSPS) is 11.1. The van der Waals surface area contributed by atoms with Crippen molar-refractivity contribution in [3.8, 4) is 11.5 Å². The molecule has 0 radical (unpaired) electrons. The first-order valence-corrected chi connectivity index (χ1v) is 8.08. The zero-order chi connectivity index (χ0) is 21.9. The van der Waals surface area contributed by atoms with E-state index in [0.29, 0.717) is 6.07 Å². The first kappa shape index (κ1) is 22.0. The summed E-state index contributed by atoms with van der Waals surface area (Å²) < 4.78 is 43.5. The van der Waals surface area contributed by atoms with Gasteiger partial charge in [-0.1, -0.05) is 11.6 Å². The lowest BCUT2D eigenvalue weighted by molar-refractivity contribution is -0.385. The second kappa shape index (κ2) is 8.35. The SMILES string of the molecule is CN(CC(=O)O)C(=O)c1cc(Oc2ccc(C(F)(F)F)cc2Cl)ccc1[N+](=O)[O-]. The molecule has 2 aromatic rings. The molecule has 0 aliphatic heterocycles. The average Bonchev–Trinajstić information content (AvgIpc) is 2.61. The maximum Gasteiger partial charge on any atom is 0.416 e. The summed E-state index contributed by atoms with van der Waals surface area (Å²) in [6.07, 6.45) is -4.61. The number of alkyl halides is 3. The van der Waals surface area contributed by atoms with Crippen LogP contribution in [0.2, 0.25) is 5.02 Å². The van der Waals surface area contributed by atoms with Crippen LogP contribution in [0.1, 0.15) is 15.9 Å². The summed E-state index contributed by atoms with van der Waals surface area (Å²) >= 11 is 5.80. The minimum absolute atomic E-state index is 0.121. The Labute approximate surface area is 166 Å². The quantitative estimate of drug-likeness (QED) is 0.540.